The number of rotatable bonds is 7. The number of anilines is 1. The van der Waals surface area contributed by atoms with Crippen molar-refractivity contribution in [1.29, 1.82) is 0 Å². The zero-order chi connectivity index (χ0) is 21.6. The molecule has 2 aromatic rings. The van der Waals surface area contributed by atoms with Crippen LogP contribution in [0, 0.1) is 26.2 Å². The first-order valence-electron chi connectivity index (χ1n) is 9.67. The van der Waals surface area contributed by atoms with Gasteiger partial charge in [0.25, 0.3) is 0 Å². The molecule has 29 heavy (non-hydrogen) atoms. The molecule has 0 radical (unpaired) electrons. The van der Waals surface area contributed by atoms with Gasteiger partial charge in [-0.2, -0.15) is 0 Å². The molecule has 0 aliphatic carbocycles. The SMILES string of the molecule is Cc1ccc(C)c(OCCCC(C)(C)C(=O)NC(=S)Nc2ccc(C)c(Cl)c2)c1. The van der Waals surface area contributed by atoms with Crippen LogP contribution in [0.25, 0.3) is 0 Å². The average molecular weight is 433 g/mol. The van der Waals surface area contributed by atoms with Crippen LogP contribution in [0.2, 0.25) is 5.02 Å². The van der Waals surface area contributed by atoms with E-state index in [4.69, 9.17) is 28.6 Å². The molecule has 2 rings (SSSR count). The van der Waals surface area contributed by atoms with Crippen LogP contribution >= 0.6 is 23.8 Å². The molecule has 0 aromatic heterocycles. The normalized spacial score (nSPS) is 11.1. The number of halogens is 1. The van der Waals surface area contributed by atoms with Gasteiger partial charge in [0.1, 0.15) is 5.75 Å². The number of carbonyl (C=O) groups excluding carboxylic acids is 1. The van der Waals surface area contributed by atoms with Crippen LogP contribution in [0.3, 0.4) is 0 Å². The maximum Gasteiger partial charge on any atom is 0.231 e. The molecular weight excluding hydrogens is 404 g/mol. The number of benzene rings is 2. The highest BCUT2D eigenvalue weighted by atomic mass is 35.5. The standard InChI is InChI=1S/C23H29ClN2O2S/c1-15-7-8-17(3)20(13-15)28-12-6-11-23(4,5)21(27)26-22(29)25-18-10-9-16(2)19(24)14-18/h7-10,13-14H,6,11-12H2,1-5H3,(H2,25,26,27,29). The van der Waals surface area contributed by atoms with E-state index in [0.717, 1.165) is 29.0 Å². The lowest BCUT2D eigenvalue weighted by Gasteiger charge is -2.24. The summed E-state index contributed by atoms with van der Waals surface area (Å²) in [6.07, 6.45) is 1.45. The lowest BCUT2D eigenvalue weighted by atomic mass is 9.87. The van der Waals surface area contributed by atoms with Crippen molar-refractivity contribution in [1.82, 2.24) is 5.32 Å². The van der Waals surface area contributed by atoms with Gasteiger partial charge in [0.15, 0.2) is 5.11 Å². The average Bonchev–Trinajstić information content (AvgIpc) is 2.64. The van der Waals surface area contributed by atoms with Crippen molar-refractivity contribution in [2.75, 3.05) is 11.9 Å². The van der Waals surface area contributed by atoms with E-state index in [-0.39, 0.29) is 11.0 Å². The third-order valence-electron chi connectivity index (χ3n) is 4.82. The van der Waals surface area contributed by atoms with Crippen LogP contribution in [0.15, 0.2) is 36.4 Å². The second kappa shape index (κ2) is 10.1. The molecule has 2 aromatic carbocycles. The van der Waals surface area contributed by atoms with E-state index in [1.807, 2.05) is 52.8 Å². The van der Waals surface area contributed by atoms with Crippen LogP contribution < -0.4 is 15.4 Å². The first-order chi connectivity index (χ1) is 13.6. The van der Waals surface area contributed by atoms with Gasteiger partial charge in [-0.25, -0.2) is 0 Å². The Kier molecular flexibility index (Phi) is 8.05. The Hall–Kier alpha value is -2.11. The van der Waals surface area contributed by atoms with Gasteiger partial charge in [-0.15, -0.1) is 0 Å². The largest absolute Gasteiger partial charge is 0.493 e. The quantitative estimate of drug-likeness (QED) is 0.418. The summed E-state index contributed by atoms with van der Waals surface area (Å²) in [5.41, 5.74) is 3.44. The third kappa shape index (κ3) is 7.02. The molecule has 2 N–H and O–H groups in total. The van der Waals surface area contributed by atoms with Gasteiger partial charge in [-0.1, -0.05) is 43.6 Å². The van der Waals surface area contributed by atoms with Gasteiger partial charge in [-0.3, -0.25) is 4.79 Å². The van der Waals surface area contributed by atoms with E-state index >= 15 is 0 Å². The Morgan fingerprint density at radius 2 is 1.79 bits per heavy atom. The summed E-state index contributed by atoms with van der Waals surface area (Å²) in [7, 11) is 0. The molecule has 0 bridgehead atoms. The number of hydrogen-bond acceptors (Lipinski definition) is 3. The van der Waals surface area contributed by atoms with Crippen molar-refractivity contribution >= 4 is 40.5 Å². The van der Waals surface area contributed by atoms with Crippen molar-refractivity contribution in [2.45, 2.75) is 47.5 Å². The van der Waals surface area contributed by atoms with Crippen molar-refractivity contribution in [3.8, 4) is 5.75 Å². The number of aryl methyl sites for hydroxylation is 3. The molecule has 156 valence electrons. The predicted molar refractivity (Wildman–Crippen MR) is 125 cm³/mol. The van der Waals surface area contributed by atoms with E-state index in [0.29, 0.717) is 18.1 Å². The Balaban J connectivity index is 1.81. The summed E-state index contributed by atoms with van der Waals surface area (Å²) in [5.74, 6) is 0.773. The maximum absolute atomic E-state index is 12.6. The number of ether oxygens (including phenoxy) is 1. The molecule has 4 nitrogen and oxygen atoms in total. The predicted octanol–water partition coefficient (Wildman–Crippen LogP) is 5.96. The van der Waals surface area contributed by atoms with Crippen molar-refractivity contribution in [3.63, 3.8) is 0 Å². The highest BCUT2D eigenvalue weighted by Gasteiger charge is 2.27. The van der Waals surface area contributed by atoms with Crippen molar-refractivity contribution in [2.24, 2.45) is 5.41 Å². The molecule has 0 unspecified atom stereocenters. The fraction of sp³-hybridized carbons (Fsp3) is 0.391. The molecule has 6 heteroatoms. The van der Waals surface area contributed by atoms with Crippen LogP contribution in [0.4, 0.5) is 5.69 Å². The van der Waals surface area contributed by atoms with Crippen LogP contribution in [0.1, 0.15) is 43.4 Å². The van der Waals surface area contributed by atoms with Gasteiger partial charge in [0.05, 0.1) is 6.61 Å². The Morgan fingerprint density at radius 1 is 1.10 bits per heavy atom. The summed E-state index contributed by atoms with van der Waals surface area (Å²) in [4.78, 5) is 12.6. The van der Waals surface area contributed by atoms with Gasteiger partial charge in [0.2, 0.25) is 5.91 Å². The first kappa shape index (κ1) is 23.2. The van der Waals surface area contributed by atoms with E-state index in [2.05, 4.69) is 22.8 Å². The second-order valence-electron chi connectivity index (χ2n) is 7.98. The van der Waals surface area contributed by atoms with E-state index in [1.54, 1.807) is 6.07 Å². The molecule has 0 atom stereocenters. The highest BCUT2D eigenvalue weighted by Crippen LogP contribution is 2.25. The van der Waals surface area contributed by atoms with E-state index in [1.165, 1.54) is 5.56 Å². The third-order valence-corrected chi connectivity index (χ3v) is 5.43. The zero-order valence-corrected chi connectivity index (χ0v) is 19.3. The van der Waals surface area contributed by atoms with Gasteiger partial charge in [-0.05, 0) is 80.7 Å². The van der Waals surface area contributed by atoms with E-state index in [9.17, 15) is 4.79 Å². The lowest BCUT2D eigenvalue weighted by molar-refractivity contribution is -0.128. The summed E-state index contributed by atoms with van der Waals surface area (Å²) in [6.45, 7) is 10.4. The minimum absolute atomic E-state index is 0.125. The Bertz CT molecular complexity index is 896. The fourth-order valence-corrected chi connectivity index (χ4v) is 3.17. The first-order valence-corrected chi connectivity index (χ1v) is 10.5. The van der Waals surface area contributed by atoms with Crippen molar-refractivity contribution < 1.29 is 9.53 Å². The second-order valence-corrected chi connectivity index (χ2v) is 8.79. The molecule has 0 saturated heterocycles. The fourth-order valence-electron chi connectivity index (χ4n) is 2.78. The molecule has 0 heterocycles. The maximum atomic E-state index is 12.6. The summed E-state index contributed by atoms with van der Waals surface area (Å²) in [6, 6.07) is 11.7. The number of carbonyl (C=O) groups is 1. The zero-order valence-electron chi connectivity index (χ0n) is 17.7. The molecular formula is C23H29ClN2O2S. The van der Waals surface area contributed by atoms with Crippen LogP contribution in [-0.4, -0.2) is 17.6 Å². The number of thiocarbonyl (C=S) groups is 1. The van der Waals surface area contributed by atoms with Crippen LogP contribution in [-0.2, 0) is 4.79 Å². The Morgan fingerprint density at radius 3 is 2.48 bits per heavy atom. The van der Waals surface area contributed by atoms with Gasteiger partial charge < -0.3 is 15.4 Å². The van der Waals surface area contributed by atoms with Gasteiger partial charge in [0, 0.05) is 16.1 Å². The molecule has 0 aliphatic rings. The molecule has 1 amide bonds. The number of hydrogen-bond donors (Lipinski definition) is 2. The van der Waals surface area contributed by atoms with E-state index < -0.39 is 5.41 Å². The molecule has 0 saturated carbocycles. The highest BCUT2D eigenvalue weighted by molar-refractivity contribution is 7.80. The summed E-state index contributed by atoms with van der Waals surface area (Å²) >= 11 is 11.4. The van der Waals surface area contributed by atoms with Gasteiger partial charge >= 0.3 is 0 Å². The monoisotopic (exact) mass is 432 g/mol. The summed E-state index contributed by atoms with van der Waals surface area (Å²) in [5, 5.41) is 6.68. The molecule has 0 aliphatic heterocycles. The summed E-state index contributed by atoms with van der Waals surface area (Å²) < 4.78 is 5.89. The topological polar surface area (TPSA) is 50.4 Å². The minimum Gasteiger partial charge on any atom is -0.493 e. The lowest BCUT2D eigenvalue weighted by Crippen LogP contribution is -2.42. The van der Waals surface area contributed by atoms with Crippen molar-refractivity contribution in [3.05, 3.63) is 58.1 Å². The number of amides is 1. The molecule has 0 spiro atoms. The molecule has 0 fully saturated rings. The smallest absolute Gasteiger partial charge is 0.231 e. The Labute approximate surface area is 184 Å². The number of nitrogens with one attached hydrogen (secondary N) is 2. The minimum atomic E-state index is -0.568. The van der Waals surface area contributed by atoms with Crippen LogP contribution in [0.5, 0.6) is 5.75 Å².